The van der Waals surface area contributed by atoms with Crippen LogP contribution in [0.3, 0.4) is 0 Å². The number of hydrogen-bond donors (Lipinski definition) is 2. The second-order valence-electron chi connectivity index (χ2n) is 3.66. The largest absolute Gasteiger partial charge is 0.480 e. The van der Waals surface area contributed by atoms with Crippen molar-refractivity contribution >= 4 is 11.9 Å². The lowest BCUT2D eigenvalue weighted by Gasteiger charge is -2.30. The molecule has 0 aromatic heterocycles. The first-order valence-corrected chi connectivity index (χ1v) is 4.40. The number of aliphatic carboxylic acids is 1. The van der Waals surface area contributed by atoms with Crippen molar-refractivity contribution in [3.8, 4) is 6.07 Å². The molecular weight excluding hydrogens is 198 g/mol. The number of rotatable bonds is 5. The van der Waals surface area contributed by atoms with Gasteiger partial charge in [-0.05, 0) is 20.9 Å². The van der Waals surface area contributed by atoms with Crippen molar-refractivity contribution in [1.82, 2.24) is 10.2 Å². The molecule has 15 heavy (non-hydrogen) atoms. The summed E-state index contributed by atoms with van der Waals surface area (Å²) in [5, 5.41) is 19.4. The minimum Gasteiger partial charge on any atom is -0.480 e. The molecule has 0 fully saturated rings. The van der Waals surface area contributed by atoms with E-state index in [2.05, 4.69) is 5.32 Å². The monoisotopic (exact) mass is 213 g/mol. The average Bonchev–Trinajstić information content (AvgIpc) is 2.14. The van der Waals surface area contributed by atoms with Gasteiger partial charge in [0.15, 0.2) is 0 Å². The van der Waals surface area contributed by atoms with Gasteiger partial charge in [0.1, 0.15) is 12.1 Å². The molecule has 0 radical (unpaired) electrons. The molecule has 0 bridgehead atoms. The molecule has 0 aromatic rings. The summed E-state index contributed by atoms with van der Waals surface area (Å²) in [6.45, 7) is 2.89. The molecule has 84 valence electrons. The van der Waals surface area contributed by atoms with E-state index >= 15 is 0 Å². The normalized spacial score (nSPS) is 10.9. The summed E-state index contributed by atoms with van der Waals surface area (Å²) in [7, 11) is 1.54. The molecule has 1 amide bonds. The average molecular weight is 213 g/mol. The van der Waals surface area contributed by atoms with E-state index in [0.29, 0.717) is 0 Å². The summed E-state index contributed by atoms with van der Waals surface area (Å²) in [6.07, 6.45) is 0. The fourth-order valence-corrected chi connectivity index (χ4v) is 0.770. The van der Waals surface area contributed by atoms with Crippen molar-refractivity contribution in [2.75, 3.05) is 20.1 Å². The van der Waals surface area contributed by atoms with Crippen molar-refractivity contribution in [3.05, 3.63) is 0 Å². The minimum absolute atomic E-state index is 0.0546. The lowest BCUT2D eigenvalue weighted by atomic mass is 10.0. The molecule has 0 saturated carbocycles. The van der Waals surface area contributed by atoms with Crippen molar-refractivity contribution in [2.24, 2.45) is 0 Å². The van der Waals surface area contributed by atoms with Gasteiger partial charge in [-0.3, -0.25) is 14.5 Å². The first-order valence-electron chi connectivity index (χ1n) is 4.40. The Hall–Kier alpha value is -1.61. The maximum absolute atomic E-state index is 11.2. The maximum atomic E-state index is 11.2. The van der Waals surface area contributed by atoms with Crippen molar-refractivity contribution < 1.29 is 14.7 Å². The van der Waals surface area contributed by atoms with Crippen LogP contribution in [0.5, 0.6) is 0 Å². The number of carbonyl (C=O) groups is 2. The van der Waals surface area contributed by atoms with Crippen LogP contribution in [0.2, 0.25) is 0 Å². The van der Waals surface area contributed by atoms with Crippen LogP contribution in [0.25, 0.3) is 0 Å². The number of carbonyl (C=O) groups excluding carboxylic acids is 1. The van der Waals surface area contributed by atoms with Crippen molar-refractivity contribution in [3.63, 3.8) is 0 Å². The van der Waals surface area contributed by atoms with Crippen LogP contribution in [0.15, 0.2) is 0 Å². The highest BCUT2D eigenvalue weighted by Crippen LogP contribution is 2.11. The summed E-state index contributed by atoms with van der Waals surface area (Å²) < 4.78 is 0. The Morgan fingerprint density at radius 1 is 1.53 bits per heavy atom. The van der Waals surface area contributed by atoms with Crippen LogP contribution in [0.1, 0.15) is 13.8 Å². The van der Waals surface area contributed by atoms with Gasteiger partial charge in [-0.2, -0.15) is 5.26 Å². The summed E-state index contributed by atoms with van der Waals surface area (Å²) in [6, 6.07) is 1.77. The number of nitrogens with one attached hydrogen (secondary N) is 1. The summed E-state index contributed by atoms with van der Waals surface area (Å²) in [4.78, 5) is 23.4. The topological polar surface area (TPSA) is 93.4 Å². The molecule has 0 aliphatic rings. The third kappa shape index (κ3) is 3.95. The summed E-state index contributed by atoms with van der Waals surface area (Å²) in [5.74, 6) is -1.37. The van der Waals surface area contributed by atoms with E-state index in [1.165, 1.54) is 18.7 Å². The van der Waals surface area contributed by atoms with Gasteiger partial charge in [0.2, 0.25) is 5.91 Å². The van der Waals surface area contributed by atoms with E-state index in [4.69, 9.17) is 10.4 Å². The fraction of sp³-hybridized carbons (Fsp3) is 0.667. The summed E-state index contributed by atoms with van der Waals surface area (Å²) >= 11 is 0. The van der Waals surface area contributed by atoms with Crippen LogP contribution in [0.4, 0.5) is 0 Å². The first-order chi connectivity index (χ1) is 6.82. The van der Waals surface area contributed by atoms with Gasteiger partial charge in [0.05, 0.1) is 12.6 Å². The maximum Gasteiger partial charge on any atom is 0.323 e. The molecule has 0 unspecified atom stereocenters. The third-order valence-corrected chi connectivity index (χ3v) is 2.22. The Kier molecular flexibility index (Phi) is 4.74. The van der Waals surface area contributed by atoms with Gasteiger partial charge < -0.3 is 10.4 Å². The molecular formula is C9H15N3O3. The lowest BCUT2D eigenvalue weighted by Crippen LogP contribution is -2.51. The number of nitriles is 1. The van der Waals surface area contributed by atoms with Crippen LogP contribution < -0.4 is 5.32 Å². The Morgan fingerprint density at radius 2 is 2.07 bits per heavy atom. The molecule has 0 aromatic carbocycles. The van der Waals surface area contributed by atoms with E-state index < -0.39 is 11.5 Å². The van der Waals surface area contributed by atoms with Crippen LogP contribution in [0, 0.1) is 11.3 Å². The van der Waals surface area contributed by atoms with Crippen molar-refractivity contribution in [2.45, 2.75) is 19.4 Å². The predicted octanol–water partition coefficient (Wildman–Crippen LogP) is -0.579. The Labute approximate surface area is 88.5 Å². The standard InChI is InChI=1S/C9H15N3O3/c1-9(2,8(14)15)12(3)6-7(13)11-5-4-10/h5-6H2,1-3H3,(H,11,13)(H,14,15). The number of carboxylic acids is 1. The fourth-order valence-electron chi connectivity index (χ4n) is 0.770. The molecule has 0 saturated heterocycles. The van der Waals surface area contributed by atoms with Crippen LogP contribution >= 0.6 is 0 Å². The van der Waals surface area contributed by atoms with Crippen LogP contribution in [-0.2, 0) is 9.59 Å². The van der Waals surface area contributed by atoms with E-state index in [9.17, 15) is 9.59 Å². The highest BCUT2D eigenvalue weighted by atomic mass is 16.4. The van der Waals surface area contributed by atoms with Gasteiger partial charge in [0, 0.05) is 0 Å². The second kappa shape index (κ2) is 5.32. The molecule has 0 aliphatic carbocycles. The Morgan fingerprint density at radius 3 is 2.47 bits per heavy atom. The van der Waals surface area contributed by atoms with Gasteiger partial charge in [-0.25, -0.2) is 0 Å². The second-order valence-corrected chi connectivity index (χ2v) is 3.66. The van der Waals surface area contributed by atoms with Gasteiger partial charge in [0.25, 0.3) is 0 Å². The zero-order valence-electron chi connectivity index (χ0n) is 9.07. The summed E-state index contributed by atoms with van der Waals surface area (Å²) in [5.41, 5.74) is -1.11. The van der Waals surface area contributed by atoms with Gasteiger partial charge >= 0.3 is 5.97 Å². The van der Waals surface area contributed by atoms with Crippen LogP contribution in [-0.4, -0.2) is 47.6 Å². The number of hydrogen-bond acceptors (Lipinski definition) is 4. The highest BCUT2D eigenvalue weighted by Gasteiger charge is 2.32. The SMILES string of the molecule is CN(CC(=O)NCC#N)C(C)(C)C(=O)O. The molecule has 6 nitrogen and oxygen atoms in total. The highest BCUT2D eigenvalue weighted by molar-refractivity contribution is 5.81. The van der Waals surface area contributed by atoms with E-state index in [0.717, 1.165) is 0 Å². The molecule has 0 atom stereocenters. The lowest BCUT2D eigenvalue weighted by molar-refractivity contribution is -0.149. The van der Waals surface area contributed by atoms with Gasteiger partial charge in [-0.15, -0.1) is 0 Å². The zero-order valence-corrected chi connectivity index (χ0v) is 9.07. The zero-order chi connectivity index (χ0) is 12.1. The molecule has 6 heteroatoms. The number of carboxylic acid groups (broad SMARTS) is 1. The predicted molar refractivity (Wildman–Crippen MR) is 53.0 cm³/mol. The molecule has 2 N–H and O–H groups in total. The Balaban J connectivity index is 4.25. The molecule has 0 spiro atoms. The number of nitrogens with zero attached hydrogens (tertiary/aromatic N) is 2. The van der Waals surface area contributed by atoms with E-state index in [1.54, 1.807) is 13.1 Å². The Bertz CT molecular complexity index is 293. The number of amides is 1. The number of likely N-dealkylation sites (N-methyl/N-ethyl adjacent to an activating group) is 1. The minimum atomic E-state index is -1.11. The van der Waals surface area contributed by atoms with Crippen molar-refractivity contribution in [1.29, 1.82) is 5.26 Å². The molecule has 0 aliphatic heterocycles. The van der Waals surface area contributed by atoms with E-state index in [-0.39, 0.29) is 19.0 Å². The quantitative estimate of drug-likeness (QED) is 0.596. The smallest absolute Gasteiger partial charge is 0.323 e. The third-order valence-electron chi connectivity index (χ3n) is 2.22. The van der Waals surface area contributed by atoms with Gasteiger partial charge in [-0.1, -0.05) is 0 Å². The molecule has 0 heterocycles. The van der Waals surface area contributed by atoms with E-state index in [1.807, 2.05) is 0 Å². The first kappa shape index (κ1) is 13.4. The molecule has 0 rings (SSSR count).